The number of aliphatic hydroxyl groups excluding tert-OH is 1. The van der Waals surface area contributed by atoms with Gasteiger partial charge in [-0.15, -0.1) is 23.5 Å². The average molecular weight is 222 g/mol. The van der Waals surface area contributed by atoms with E-state index in [1.807, 2.05) is 30.4 Å². The second kappa shape index (κ2) is 9.22. The summed E-state index contributed by atoms with van der Waals surface area (Å²) >= 11 is 4.01. The van der Waals surface area contributed by atoms with Crippen LogP contribution < -0.4 is 0 Å². The van der Waals surface area contributed by atoms with E-state index in [-0.39, 0.29) is 6.10 Å². The van der Waals surface area contributed by atoms with Crippen LogP contribution in [-0.2, 0) is 0 Å². The molecule has 1 atom stereocenters. The van der Waals surface area contributed by atoms with Crippen molar-refractivity contribution < 1.29 is 5.11 Å². The lowest BCUT2D eigenvalue weighted by Gasteiger charge is -2.16. The fraction of sp³-hybridized carbons (Fsp3) is 1.00. The summed E-state index contributed by atoms with van der Waals surface area (Å²) in [6, 6.07) is 0. The molecule has 0 aliphatic carbocycles. The zero-order chi connectivity index (χ0) is 10.1. The van der Waals surface area contributed by atoms with Gasteiger partial charge in [0, 0.05) is 0 Å². The Labute approximate surface area is 91.1 Å². The first kappa shape index (κ1) is 13.7. The van der Waals surface area contributed by atoms with Crippen molar-refractivity contribution in [2.75, 3.05) is 11.5 Å². The van der Waals surface area contributed by atoms with Crippen LogP contribution in [0, 0.1) is 0 Å². The van der Waals surface area contributed by atoms with Gasteiger partial charge in [0.25, 0.3) is 0 Å². The third-order valence-electron chi connectivity index (χ3n) is 1.91. The summed E-state index contributed by atoms with van der Waals surface area (Å²) in [5.74, 6) is 2.36. The molecule has 80 valence electrons. The summed E-state index contributed by atoms with van der Waals surface area (Å²) in [7, 11) is 0. The van der Waals surface area contributed by atoms with Gasteiger partial charge in [0.15, 0.2) is 0 Å². The fourth-order valence-electron chi connectivity index (χ4n) is 1.12. The molecule has 0 radical (unpaired) electrons. The largest absolute Gasteiger partial charge is 0.393 e. The van der Waals surface area contributed by atoms with Crippen molar-refractivity contribution in [3.63, 3.8) is 0 Å². The number of hydrogen-bond acceptors (Lipinski definition) is 3. The molecule has 0 heterocycles. The molecule has 1 unspecified atom stereocenters. The first-order valence-corrected chi connectivity index (χ1v) is 7.25. The molecule has 0 spiro atoms. The maximum absolute atomic E-state index is 9.42. The van der Waals surface area contributed by atoms with Crippen LogP contribution in [0.4, 0.5) is 0 Å². The quantitative estimate of drug-likeness (QED) is 0.636. The van der Waals surface area contributed by atoms with Gasteiger partial charge in [-0.05, 0) is 30.8 Å². The predicted molar refractivity (Wildman–Crippen MR) is 65.6 cm³/mol. The molecule has 0 aromatic rings. The van der Waals surface area contributed by atoms with Crippen LogP contribution in [0.15, 0.2) is 0 Å². The van der Waals surface area contributed by atoms with Crippen LogP contribution >= 0.6 is 23.5 Å². The first-order chi connectivity index (χ1) is 6.24. The third-order valence-corrected chi connectivity index (χ3v) is 4.61. The Balaban J connectivity index is 3.55. The standard InChI is InChI=1S/C10H22OS2/c1-4-9(11)7-8-10(12-5-2)13-6-3/h9-11H,4-8H2,1-3H3. The Kier molecular flexibility index (Phi) is 9.69. The highest BCUT2D eigenvalue weighted by atomic mass is 32.2. The van der Waals surface area contributed by atoms with Gasteiger partial charge >= 0.3 is 0 Å². The van der Waals surface area contributed by atoms with Crippen LogP contribution in [-0.4, -0.2) is 27.3 Å². The van der Waals surface area contributed by atoms with Crippen molar-refractivity contribution in [3.8, 4) is 0 Å². The minimum atomic E-state index is -0.0857. The Bertz CT molecular complexity index is 103. The van der Waals surface area contributed by atoms with Gasteiger partial charge in [-0.25, -0.2) is 0 Å². The van der Waals surface area contributed by atoms with E-state index < -0.39 is 0 Å². The van der Waals surface area contributed by atoms with Crippen LogP contribution in [0.5, 0.6) is 0 Å². The summed E-state index contributed by atoms with van der Waals surface area (Å²) in [5.41, 5.74) is 0. The van der Waals surface area contributed by atoms with Gasteiger partial charge in [-0.2, -0.15) is 0 Å². The Morgan fingerprint density at radius 1 is 1.00 bits per heavy atom. The van der Waals surface area contributed by atoms with Gasteiger partial charge in [0.1, 0.15) is 0 Å². The molecule has 13 heavy (non-hydrogen) atoms. The normalized spacial score (nSPS) is 13.6. The maximum Gasteiger partial charge on any atom is 0.0538 e. The molecule has 0 aliphatic heterocycles. The Hall–Kier alpha value is 0.660. The SMILES string of the molecule is CCSC(CCC(O)CC)SCC. The highest BCUT2D eigenvalue weighted by Gasteiger charge is 2.10. The number of thioether (sulfide) groups is 2. The molecule has 1 nitrogen and oxygen atoms in total. The van der Waals surface area contributed by atoms with Gasteiger partial charge in [0.05, 0.1) is 10.7 Å². The van der Waals surface area contributed by atoms with E-state index in [2.05, 4.69) is 13.8 Å². The van der Waals surface area contributed by atoms with Crippen molar-refractivity contribution >= 4 is 23.5 Å². The summed E-state index contributed by atoms with van der Waals surface area (Å²) in [4.78, 5) is 0. The molecule has 0 amide bonds. The lowest BCUT2D eigenvalue weighted by Crippen LogP contribution is -2.08. The summed E-state index contributed by atoms with van der Waals surface area (Å²) in [6.07, 6.45) is 2.91. The highest BCUT2D eigenvalue weighted by Crippen LogP contribution is 2.28. The first-order valence-electron chi connectivity index (χ1n) is 5.15. The lowest BCUT2D eigenvalue weighted by molar-refractivity contribution is 0.159. The second-order valence-corrected chi connectivity index (χ2v) is 6.24. The highest BCUT2D eigenvalue weighted by molar-refractivity contribution is 8.16. The fourth-order valence-corrected chi connectivity index (χ4v) is 3.67. The van der Waals surface area contributed by atoms with Crippen LogP contribution in [0.2, 0.25) is 0 Å². The van der Waals surface area contributed by atoms with Crippen LogP contribution in [0.3, 0.4) is 0 Å². The van der Waals surface area contributed by atoms with Crippen LogP contribution in [0.1, 0.15) is 40.0 Å². The van der Waals surface area contributed by atoms with Crippen molar-refractivity contribution in [1.29, 1.82) is 0 Å². The van der Waals surface area contributed by atoms with Crippen molar-refractivity contribution in [1.82, 2.24) is 0 Å². The smallest absolute Gasteiger partial charge is 0.0538 e. The monoisotopic (exact) mass is 222 g/mol. The van der Waals surface area contributed by atoms with Crippen molar-refractivity contribution in [2.24, 2.45) is 0 Å². The molecule has 0 fully saturated rings. The summed E-state index contributed by atoms with van der Waals surface area (Å²) < 4.78 is 0.691. The molecule has 1 N–H and O–H groups in total. The molecule has 0 aromatic carbocycles. The average Bonchev–Trinajstić information content (AvgIpc) is 2.14. The molecule has 0 saturated carbocycles. The molecule has 0 aromatic heterocycles. The van der Waals surface area contributed by atoms with Crippen molar-refractivity contribution in [3.05, 3.63) is 0 Å². The Morgan fingerprint density at radius 3 is 1.92 bits per heavy atom. The summed E-state index contributed by atoms with van der Waals surface area (Å²) in [5, 5.41) is 9.42. The predicted octanol–water partition coefficient (Wildman–Crippen LogP) is 3.37. The zero-order valence-corrected chi connectivity index (χ0v) is 10.6. The number of rotatable bonds is 8. The van der Waals surface area contributed by atoms with Gasteiger partial charge in [-0.3, -0.25) is 0 Å². The third kappa shape index (κ3) is 7.71. The molecule has 0 saturated heterocycles. The number of hydrogen-bond donors (Lipinski definition) is 1. The molecular formula is C10H22OS2. The van der Waals surface area contributed by atoms with E-state index in [4.69, 9.17) is 0 Å². The van der Waals surface area contributed by atoms with E-state index in [1.165, 1.54) is 11.5 Å². The van der Waals surface area contributed by atoms with E-state index in [1.54, 1.807) is 0 Å². The van der Waals surface area contributed by atoms with Crippen LogP contribution in [0.25, 0.3) is 0 Å². The van der Waals surface area contributed by atoms with E-state index >= 15 is 0 Å². The molecule has 3 heteroatoms. The lowest BCUT2D eigenvalue weighted by atomic mass is 10.2. The minimum absolute atomic E-state index is 0.0857. The topological polar surface area (TPSA) is 20.2 Å². The number of aliphatic hydroxyl groups is 1. The minimum Gasteiger partial charge on any atom is -0.393 e. The van der Waals surface area contributed by atoms with E-state index in [0.717, 1.165) is 19.3 Å². The van der Waals surface area contributed by atoms with E-state index in [0.29, 0.717) is 4.58 Å². The van der Waals surface area contributed by atoms with Gasteiger partial charge < -0.3 is 5.11 Å². The summed E-state index contributed by atoms with van der Waals surface area (Å²) in [6.45, 7) is 6.44. The van der Waals surface area contributed by atoms with Gasteiger partial charge in [-0.1, -0.05) is 20.8 Å². The molecular weight excluding hydrogens is 200 g/mol. The second-order valence-electron chi connectivity index (χ2n) is 2.98. The maximum atomic E-state index is 9.42. The molecule has 0 rings (SSSR count). The van der Waals surface area contributed by atoms with E-state index in [9.17, 15) is 5.11 Å². The van der Waals surface area contributed by atoms with Gasteiger partial charge in [0.2, 0.25) is 0 Å². The Morgan fingerprint density at radius 2 is 1.54 bits per heavy atom. The molecule has 0 aliphatic rings. The molecule has 0 bridgehead atoms. The zero-order valence-electron chi connectivity index (χ0n) is 8.95. The van der Waals surface area contributed by atoms with Crippen molar-refractivity contribution in [2.45, 2.75) is 50.7 Å².